The summed E-state index contributed by atoms with van der Waals surface area (Å²) in [7, 11) is 1.50. The van der Waals surface area contributed by atoms with Crippen LogP contribution in [0.5, 0.6) is 23.0 Å². The van der Waals surface area contributed by atoms with Crippen LogP contribution in [0.3, 0.4) is 0 Å². The van der Waals surface area contributed by atoms with Crippen molar-refractivity contribution in [2.75, 3.05) is 33.5 Å². The Balaban J connectivity index is 1.36. The predicted molar refractivity (Wildman–Crippen MR) is 256 cm³/mol. The highest BCUT2D eigenvalue weighted by molar-refractivity contribution is 6.03. The fourth-order valence-electron chi connectivity index (χ4n) is 10.6. The fourth-order valence-corrected chi connectivity index (χ4v) is 10.6. The summed E-state index contributed by atoms with van der Waals surface area (Å²) in [5.41, 5.74) is 3.98. The molecule has 2 aliphatic heterocycles. The minimum atomic E-state index is -1.59. The molecule has 4 aromatic carbocycles. The summed E-state index contributed by atoms with van der Waals surface area (Å²) in [5.74, 6) is -1.63. The van der Waals surface area contributed by atoms with Crippen molar-refractivity contribution < 1.29 is 52.7 Å². The molecule has 8 rings (SSSR count). The van der Waals surface area contributed by atoms with E-state index in [1.165, 1.54) is 19.2 Å². The van der Waals surface area contributed by atoms with Gasteiger partial charge in [-0.25, -0.2) is 4.39 Å². The number of aldehydes is 1. The smallest absolute Gasteiger partial charge is 0.254 e. The minimum Gasteiger partial charge on any atom is -0.496 e. The molecule has 2 heterocycles. The van der Waals surface area contributed by atoms with E-state index in [9.17, 15) is 24.7 Å². The van der Waals surface area contributed by atoms with Gasteiger partial charge in [0.2, 0.25) is 12.1 Å². The number of fused-ring (bicyclic) bond motifs is 2. The number of methoxy groups -OCH3 is 1. The summed E-state index contributed by atoms with van der Waals surface area (Å²) >= 11 is 0. The first kappa shape index (κ1) is 49.1. The zero-order valence-electron chi connectivity index (χ0n) is 39.0. The SMILES string of the molecule is C=CCOC12Oc3ccc(Oc4ccc(OC)c(C=O)c4)cc3C3C(CCCCO)C(CCCCO)C=C(C(=NOC4CCCCO4)CC1N(Cc1ccc(F)cc1)C(=O)c1ccc(C#N)cc1)C32. The van der Waals surface area contributed by atoms with Crippen LogP contribution in [0.1, 0.15) is 108 Å². The predicted octanol–water partition coefficient (Wildman–Crippen LogP) is 9.81. The van der Waals surface area contributed by atoms with Crippen molar-refractivity contribution in [1.82, 2.24) is 4.90 Å². The molecule has 4 aliphatic rings. The number of carbonyl (C=O) groups excluding carboxylic acids is 2. The molecule has 0 radical (unpaired) electrons. The number of allylic oxidation sites excluding steroid dienone is 1. The van der Waals surface area contributed by atoms with Crippen LogP contribution in [0.25, 0.3) is 0 Å². The summed E-state index contributed by atoms with van der Waals surface area (Å²) in [4.78, 5) is 35.4. The molecule has 1 amide bonds. The van der Waals surface area contributed by atoms with E-state index in [1.807, 2.05) is 12.1 Å². The van der Waals surface area contributed by atoms with E-state index in [0.29, 0.717) is 89.5 Å². The number of amides is 1. The fraction of sp³-hybridized carbons (Fsp3) is 0.418. The van der Waals surface area contributed by atoms with E-state index in [-0.39, 0.29) is 56.4 Å². The van der Waals surface area contributed by atoms with Crippen LogP contribution in [-0.2, 0) is 20.9 Å². The Morgan fingerprint density at radius 1 is 0.986 bits per heavy atom. The molecule has 1 saturated carbocycles. The molecule has 13 nitrogen and oxygen atoms in total. The van der Waals surface area contributed by atoms with Crippen LogP contribution in [-0.4, -0.2) is 84.7 Å². The first-order valence-electron chi connectivity index (χ1n) is 24.0. The van der Waals surface area contributed by atoms with Crippen molar-refractivity contribution >= 4 is 17.9 Å². The zero-order chi connectivity index (χ0) is 48.3. The minimum absolute atomic E-state index is 0.0244. The number of nitrogens with zero attached hydrogens (tertiary/aromatic N) is 3. The first-order valence-corrected chi connectivity index (χ1v) is 24.0. The number of rotatable bonds is 21. The van der Waals surface area contributed by atoms with Gasteiger partial charge in [0.25, 0.3) is 5.91 Å². The molecule has 2 aliphatic carbocycles. The summed E-state index contributed by atoms with van der Waals surface area (Å²) in [6.45, 7) is 4.74. The van der Waals surface area contributed by atoms with Crippen LogP contribution in [0, 0.1) is 34.9 Å². The highest BCUT2D eigenvalue weighted by Crippen LogP contribution is 2.62. The molecule has 7 atom stereocenters. The second-order valence-electron chi connectivity index (χ2n) is 18.0. The third-order valence-electron chi connectivity index (χ3n) is 13.8. The first-order chi connectivity index (χ1) is 33.7. The van der Waals surface area contributed by atoms with Gasteiger partial charge in [-0.05, 0) is 134 Å². The van der Waals surface area contributed by atoms with E-state index < -0.39 is 29.9 Å². The quantitative estimate of drug-likeness (QED) is 0.0353. The number of carbonyl (C=O) groups is 2. The number of nitriles is 1. The van der Waals surface area contributed by atoms with E-state index >= 15 is 4.79 Å². The number of benzene rings is 4. The number of ether oxygens (including phenoxy) is 5. The Kier molecular flexibility index (Phi) is 16.2. The number of oxime groups is 1. The Bertz CT molecular complexity index is 2540. The lowest BCUT2D eigenvalue weighted by Gasteiger charge is -2.60. The number of hydrogen-bond acceptors (Lipinski definition) is 12. The molecule has 2 N–H and O–H groups in total. The Hall–Kier alpha value is -6.37. The molecule has 7 unspecified atom stereocenters. The molecule has 2 fully saturated rings. The van der Waals surface area contributed by atoms with Gasteiger partial charge in [0.15, 0.2) is 6.29 Å². The Morgan fingerprint density at radius 2 is 1.74 bits per heavy atom. The molecular weight excluding hydrogens is 882 g/mol. The van der Waals surface area contributed by atoms with E-state index in [1.54, 1.807) is 71.6 Å². The highest BCUT2D eigenvalue weighted by atomic mass is 19.1. The van der Waals surface area contributed by atoms with Crippen LogP contribution in [0.4, 0.5) is 4.39 Å². The molecule has 69 heavy (non-hydrogen) atoms. The van der Waals surface area contributed by atoms with Crippen LogP contribution in [0.2, 0.25) is 0 Å². The lowest BCUT2D eigenvalue weighted by Crippen LogP contribution is -2.70. The highest BCUT2D eigenvalue weighted by Gasteiger charge is 2.65. The molecule has 1 saturated heterocycles. The van der Waals surface area contributed by atoms with Crippen molar-refractivity contribution in [2.45, 2.75) is 94.8 Å². The Labute approximate surface area is 402 Å². The third-order valence-corrected chi connectivity index (χ3v) is 13.8. The second-order valence-corrected chi connectivity index (χ2v) is 18.0. The van der Waals surface area contributed by atoms with Crippen molar-refractivity contribution in [3.63, 3.8) is 0 Å². The van der Waals surface area contributed by atoms with Gasteiger partial charge in [-0.2, -0.15) is 5.26 Å². The van der Waals surface area contributed by atoms with Gasteiger partial charge >= 0.3 is 0 Å². The van der Waals surface area contributed by atoms with Crippen molar-refractivity contribution in [1.29, 1.82) is 5.26 Å². The van der Waals surface area contributed by atoms with E-state index in [2.05, 4.69) is 18.7 Å². The van der Waals surface area contributed by atoms with Crippen LogP contribution < -0.4 is 14.2 Å². The Morgan fingerprint density at radius 3 is 2.43 bits per heavy atom. The number of aliphatic hydroxyl groups is 2. The molecular formula is C55H60FN3O10. The summed E-state index contributed by atoms with van der Waals surface area (Å²) in [6, 6.07) is 24.4. The zero-order valence-corrected chi connectivity index (χ0v) is 39.0. The van der Waals surface area contributed by atoms with Gasteiger partial charge in [0.1, 0.15) is 34.9 Å². The van der Waals surface area contributed by atoms with Crippen molar-refractivity contribution in [3.05, 3.63) is 143 Å². The number of hydrogen-bond donors (Lipinski definition) is 2. The van der Waals surface area contributed by atoms with E-state index in [4.69, 9.17) is 33.7 Å². The molecule has 362 valence electrons. The molecule has 0 spiro atoms. The maximum Gasteiger partial charge on any atom is 0.254 e. The molecule has 0 aromatic heterocycles. The maximum atomic E-state index is 15.4. The van der Waals surface area contributed by atoms with Gasteiger partial charge in [-0.1, -0.05) is 42.3 Å². The number of unbranched alkanes of at least 4 members (excludes halogenated alkanes) is 2. The van der Waals surface area contributed by atoms with Gasteiger partial charge in [-0.3, -0.25) is 9.59 Å². The summed E-state index contributed by atoms with van der Waals surface area (Å²) < 4.78 is 47.0. The molecule has 14 heteroatoms. The molecule has 4 aromatic rings. The topological polar surface area (TPSA) is 169 Å². The standard InChI is InChI=1S/C55H60FN3O10/c1-3-27-66-55-50(59(34-37-15-19-41(56)20-16-37)54(63)38-17-13-36(33-57)14-18-38)32-47(58-69-51-12-6-9-28-65-51)45-30-39(10-4-7-25-60)44(11-5-8-26-61)52(53(45)55)46-31-43(22-24-49(46)68-55)67-42-21-23-48(64-2)40(29-42)35-62/h3,13-24,29-31,35,39,44,50-53,60-61H,1,4-12,25-28,32,34H2,2H3. The van der Waals surface area contributed by atoms with Crippen molar-refractivity contribution in [2.24, 2.45) is 22.9 Å². The van der Waals surface area contributed by atoms with Crippen LogP contribution >= 0.6 is 0 Å². The van der Waals surface area contributed by atoms with Gasteiger partial charge in [0, 0.05) is 49.6 Å². The maximum absolute atomic E-state index is 15.4. The normalized spacial score (nSPS) is 24.1. The largest absolute Gasteiger partial charge is 0.496 e. The lowest BCUT2D eigenvalue weighted by atomic mass is 9.55. The monoisotopic (exact) mass is 941 g/mol. The van der Waals surface area contributed by atoms with Gasteiger partial charge < -0.3 is 43.6 Å². The second kappa shape index (κ2) is 22.8. The average Bonchev–Trinajstić information content (AvgIpc) is 3.38. The van der Waals surface area contributed by atoms with Gasteiger partial charge in [0.05, 0.1) is 49.1 Å². The van der Waals surface area contributed by atoms with Crippen molar-refractivity contribution in [3.8, 4) is 29.1 Å². The lowest BCUT2D eigenvalue weighted by molar-refractivity contribution is -0.255. The summed E-state index contributed by atoms with van der Waals surface area (Å²) in [6.07, 6.45) is 10.8. The number of halogens is 1. The molecule has 0 bridgehead atoms. The van der Waals surface area contributed by atoms with Crippen LogP contribution in [0.15, 0.2) is 114 Å². The van der Waals surface area contributed by atoms with E-state index in [0.717, 1.165) is 43.2 Å². The average molecular weight is 942 g/mol. The van der Waals surface area contributed by atoms with Gasteiger partial charge in [-0.15, -0.1) is 6.58 Å². The number of aliphatic hydroxyl groups excluding tert-OH is 2. The summed E-state index contributed by atoms with van der Waals surface area (Å²) in [5, 5.41) is 34.7. The third kappa shape index (κ3) is 10.8.